The molecule has 2 rings (SSSR count). The van der Waals surface area contributed by atoms with Crippen LogP contribution in [0, 0.1) is 13.8 Å². The summed E-state index contributed by atoms with van der Waals surface area (Å²) in [6, 6.07) is 4.63. The topological polar surface area (TPSA) is 41.6 Å². The van der Waals surface area contributed by atoms with Crippen LogP contribution in [0.3, 0.4) is 0 Å². The van der Waals surface area contributed by atoms with Gasteiger partial charge >= 0.3 is 6.09 Å². The van der Waals surface area contributed by atoms with E-state index in [1.165, 1.54) is 21.2 Å². The fourth-order valence-electron chi connectivity index (χ4n) is 3.18. The lowest BCUT2D eigenvalue weighted by Gasteiger charge is -2.33. The Morgan fingerprint density at radius 2 is 1.96 bits per heavy atom. The third-order valence-electron chi connectivity index (χ3n) is 4.13. The molecule has 5 heteroatoms. The summed E-state index contributed by atoms with van der Waals surface area (Å²) in [5, 5.41) is 3.01. The van der Waals surface area contributed by atoms with Crippen LogP contribution in [0.2, 0.25) is 0 Å². The van der Waals surface area contributed by atoms with Crippen LogP contribution >= 0.6 is 15.9 Å². The molecule has 0 aromatic heterocycles. The molecule has 0 spiro atoms. The molecule has 0 aliphatic carbocycles. The van der Waals surface area contributed by atoms with Gasteiger partial charge < -0.3 is 10.1 Å². The zero-order chi connectivity index (χ0) is 17.9. The van der Waals surface area contributed by atoms with Crippen LogP contribution in [0.5, 0.6) is 0 Å². The number of alkyl carbamates (subject to hydrolysis) is 1. The van der Waals surface area contributed by atoms with E-state index in [4.69, 9.17) is 4.74 Å². The maximum Gasteiger partial charge on any atom is 0.407 e. The summed E-state index contributed by atoms with van der Waals surface area (Å²) in [4.78, 5) is 14.4. The van der Waals surface area contributed by atoms with Gasteiger partial charge in [-0.25, -0.2) is 4.79 Å². The molecule has 1 aliphatic heterocycles. The van der Waals surface area contributed by atoms with E-state index in [1.54, 1.807) is 0 Å². The fourth-order valence-corrected chi connectivity index (χ4v) is 3.41. The van der Waals surface area contributed by atoms with Crippen molar-refractivity contribution in [2.75, 3.05) is 13.1 Å². The van der Waals surface area contributed by atoms with Crippen LogP contribution in [-0.2, 0) is 11.3 Å². The predicted molar refractivity (Wildman–Crippen MR) is 101 cm³/mol. The number of carbonyl (C=O) groups excluding carboxylic acids is 1. The molecule has 1 aliphatic rings. The molecule has 0 radical (unpaired) electrons. The minimum Gasteiger partial charge on any atom is -0.444 e. The number of carbonyl (C=O) groups is 1. The Hall–Kier alpha value is -1.07. The summed E-state index contributed by atoms with van der Waals surface area (Å²) in [5.74, 6) is 0. The van der Waals surface area contributed by atoms with Crippen molar-refractivity contribution in [3.63, 3.8) is 0 Å². The van der Waals surface area contributed by atoms with Crippen LogP contribution in [0.25, 0.3) is 0 Å². The Balaban J connectivity index is 1.92. The first-order chi connectivity index (χ1) is 11.1. The molecule has 0 saturated carbocycles. The summed E-state index contributed by atoms with van der Waals surface area (Å²) in [6.07, 6.45) is 1.79. The van der Waals surface area contributed by atoms with Gasteiger partial charge in [0, 0.05) is 23.6 Å². The number of nitrogens with zero attached hydrogens (tertiary/aromatic N) is 1. The van der Waals surface area contributed by atoms with Crippen molar-refractivity contribution in [1.29, 1.82) is 0 Å². The van der Waals surface area contributed by atoms with Gasteiger partial charge in [-0.3, -0.25) is 4.90 Å². The first-order valence-corrected chi connectivity index (χ1v) is 9.41. The second-order valence-electron chi connectivity index (χ2n) is 7.76. The van der Waals surface area contributed by atoms with E-state index in [9.17, 15) is 4.79 Å². The Morgan fingerprint density at radius 3 is 2.54 bits per heavy atom. The smallest absolute Gasteiger partial charge is 0.407 e. The fraction of sp³-hybridized carbons (Fsp3) is 0.632. The molecule has 134 valence electrons. The molecule has 1 saturated heterocycles. The van der Waals surface area contributed by atoms with Crippen LogP contribution in [0.1, 0.15) is 50.3 Å². The number of ether oxygens (including phenoxy) is 1. The molecule has 1 fully saturated rings. The van der Waals surface area contributed by atoms with Crippen LogP contribution in [-0.4, -0.2) is 35.7 Å². The highest BCUT2D eigenvalue weighted by Crippen LogP contribution is 2.24. The van der Waals surface area contributed by atoms with Crippen molar-refractivity contribution in [3.8, 4) is 0 Å². The number of hydrogen-bond donors (Lipinski definition) is 1. The van der Waals surface area contributed by atoms with E-state index >= 15 is 0 Å². The second-order valence-corrected chi connectivity index (χ2v) is 8.56. The lowest BCUT2D eigenvalue weighted by atomic mass is 10.0. The maximum absolute atomic E-state index is 12.0. The highest BCUT2D eigenvalue weighted by atomic mass is 79.9. The summed E-state index contributed by atoms with van der Waals surface area (Å²) in [6.45, 7) is 12.8. The minimum absolute atomic E-state index is 0.159. The maximum atomic E-state index is 12.0. The number of likely N-dealkylation sites (tertiary alicyclic amines) is 1. The third-order valence-corrected chi connectivity index (χ3v) is 5.38. The number of hydrogen-bond acceptors (Lipinski definition) is 3. The van der Waals surface area contributed by atoms with E-state index in [1.807, 2.05) is 20.8 Å². The lowest BCUT2D eigenvalue weighted by molar-refractivity contribution is 0.0470. The number of nitrogens with one attached hydrogen (secondary N) is 1. The molecule has 4 nitrogen and oxygen atoms in total. The molecule has 1 N–H and O–H groups in total. The Labute approximate surface area is 154 Å². The largest absolute Gasteiger partial charge is 0.444 e. The standard InChI is InChI=1S/C19H29BrN2O2/c1-13-9-15(10-14(2)17(13)20)11-22-8-6-7-16(12-22)21-18(23)24-19(3,4)5/h9-10,16H,6-8,11-12H2,1-5H3,(H,21,23)/t16-/m0/s1. The number of aryl methyl sites for hydroxylation is 2. The van der Waals surface area contributed by atoms with Gasteiger partial charge in [-0.05, 0) is 70.7 Å². The van der Waals surface area contributed by atoms with Crippen molar-refractivity contribution >= 4 is 22.0 Å². The van der Waals surface area contributed by atoms with Gasteiger partial charge in [0.25, 0.3) is 0 Å². The average molecular weight is 397 g/mol. The predicted octanol–water partition coefficient (Wildman–Crippen LogP) is 4.56. The Bertz CT molecular complexity index is 573. The van der Waals surface area contributed by atoms with Gasteiger partial charge in [-0.1, -0.05) is 28.1 Å². The van der Waals surface area contributed by atoms with Gasteiger partial charge in [0.1, 0.15) is 5.60 Å². The van der Waals surface area contributed by atoms with Crippen molar-refractivity contribution < 1.29 is 9.53 Å². The Kier molecular flexibility index (Phi) is 6.32. The van der Waals surface area contributed by atoms with E-state index in [0.29, 0.717) is 0 Å². The van der Waals surface area contributed by atoms with Crippen LogP contribution < -0.4 is 5.32 Å². The van der Waals surface area contributed by atoms with Crippen molar-refractivity contribution in [2.24, 2.45) is 0 Å². The van der Waals surface area contributed by atoms with Gasteiger partial charge in [-0.2, -0.15) is 0 Å². The first-order valence-electron chi connectivity index (χ1n) is 8.61. The summed E-state index contributed by atoms with van der Waals surface area (Å²) in [7, 11) is 0. The lowest BCUT2D eigenvalue weighted by Crippen LogP contribution is -2.48. The molecule has 1 heterocycles. The van der Waals surface area contributed by atoms with Crippen molar-refractivity contribution in [3.05, 3.63) is 33.3 Å². The molecule has 1 atom stereocenters. The quantitative estimate of drug-likeness (QED) is 0.813. The normalized spacial score (nSPS) is 19.2. The number of benzene rings is 1. The first kappa shape index (κ1) is 19.3. The molecule has 0 bridgehead atoms. The summed E-state index contributed by atoms with van der Waals surface area (Å²) >= 11 is 3.62. The van der Waals surface area contributed by atoms with Crippen LogP contribution in [0.4, 0.5) is 4.79 Å². The molecule has 1 aromatic rings. The third kappa shape index (κ3) is 5.78. The monoisotopic (exact) mass is 396 g/mol. The number of amides is 1. The molecule has 0 unspecified atom stereocenters. The number of rotatable bonds is 3. The van der Waals surface area contributed by atoms with Gasteiger partial charge in [-0.15, -0.1) is 0 Å². The summed E-state index contributed by atoms with van der Waals surface area (Å²) in [5.41, 5.74) is 3.41. The average Bonchev–Trinajstić information content (AvgIpc) is 2.43. The number of halogens is 1. The molecule has 1 aromatic carbocycles. The SMILES string of the molecule is Cc1cc(CN2CCC[C@H](NC(=O)OC(C)(C)C)C2)cc(C)c1Br. The van der Waals surface area contributed by atoms with Gasteiger partial charge in [0.05, 0.1) is 0 Å². The molecular formula is C19H29BrN2O2. The van der Waals surface area contributed by atoms with E-state index in [-0.39, 0.29) is 12.1 Å². The minimum atomic E-state index is -0.453. The highest BCUT2D eigenvalue weighted by Gasteiger charge is 2.24. The zero-order valence-corrected chi connectivity index (χ0v) is 17.0. The van der Waals surface area contributed by atoms with Crippen molar-refractivity contribution in [1.82, 2.24) is 10.2 Å². The second kappa shape index (κ2) is 7.87. The highest BCUT2D eigenvalue weighted by molar-refractivity contribution is 9.10. The van der Waals surface area contributed by atoms with Gasteiger partial charge in [0.2, 0.25) is 0 Å². The van der Waals surface area contributed by atoms with Crippen molar-refractivity contribution in [2.45, 2.75) is 65.6 Å². The summed E-state index contributed by atoms with van der Waals surface area (Å²) < 4.78 is 6.55. The van der Waals surface area contributed by atoms with E-state index in [2.05, 4.69) is 52.1 Å². The molecule has 1 amide bonds. The molecular weight excluding hydrogens is 368 g/mol. The molecule has 24 heavy (non-hydrogen) atoms. The van der Waals surface area contributed by atoms with Gasteiger partial charge in [0.15, 0.2) is 0 Å². The van der Waals surface area contributed by atoms with Crippen LogP contribution in [0.15, 0.2) is 16.6 Å². The Morgan fingerprint density at radius 1 is 1.33 bits per heavy atom. The van der Waals surface area contributed by atoms with E-state index in [0.717, 1.165) is 32.5 Å². The zero-order valence-electron chi connectivity index (χ0n) is 15.4. The van der Waals surface area contributed by atoms with E-state index < -0.39 is 5.60 Å². The number of piperidine rings is 1.